The molecule has 0 aliphatic rings. The van der Waals surface area contributed by atoms with Crippen molar-refractivity contribution in [3.8, 4) is 11.5 Å². The van der Waals surface area contributed by atoms with Crippen molar-refractivity contribution in [2.45, 2.75) is 6.42 Å². The standard InChI is InChI=1S/C14H18N4O2/c1-18(2)14-16-8-6-13(17-14)15-7-5-10-3-4-11(19)12(20)9-10/h3-4,6,8-9,19-20H,5,7H2,1-2H3,(H,15,16,17). The summed E-state index contributed by atoms with van der Waals surface area (Å²) in [6, 6.07) is 6.63. The van der Waals surface area contributed by atoms with Gasteiger partial charge in [0, 0.05) is 26.8 Å². The number of aromatic hydroxyl groups is 2. The van der Waals surface area contributed by atoms with Gasteiger partial charge in [0.2, 0.25) is 5.95 Å². The Morgan fingerprint density at radius 2 is 1.95 bits per heavy atom. The second-order valence-corrected chi connectivity index (χ2v) is 4.64. The maximum atomic E-state index is 9.42. The Hall–Kier alpha value is -2.50. The highest BCUT2D eigenvalue weighted by Crippen LogP contribution is 2.24. The molecule has 0 fully saturated rings. The van der Waals surface area contributed by atoms with Crippen LogP contribution in [0.1, 0.15) is 5.56 Å². The Morgan fingerprint density at radius 3 is 2.65 bits per heavy atom. The normalized spacial score (nSPS) is 10.3. The van der Waals surface area contributed by atoms with Crippen LogP contribution in [0.15, 0.2) is 30.5 Å². The Bertz CT molecular complexity index is 587. The van der Waals surface area contributed by atoms with Crippen molar-refractivity contribution in [2.75, 3.05) is 30.9 Å². The average molecular weight is 274 g/mol. The molecule has 106 valence electrons. The van der Waals surface area contributed by atoms with Gasteiger partial charge < -0.3 is 20.4 Å². The molecule has 3 N–H and O–H groups in total. The van der Waals surface area contributed by atoms with Crippen LogP contribution < -0.4 is 10.2 Å². The van der Waals surface area contributed by atoms with Crippen LogP contribution in [0.3, 0.4) is 0 Å². The molecule has 0 atom stereocenters. The number of nitrogens with one attached hydrogen (secondary N) is 1. The van der Waals surface area contributed by atoms with E-state index in [-0.39, 0.29) is 11.5 Å². The van der Waals surface area contributed by atoms with E-state index in [0.29, 0.717) is 12.5 Å². The van der Waals surface area contributed by atoms with Gasteiger partial charge in [-0.3, -0.25) is 0 Å². The summed E-state index contributed by atoms with van der Waals surface area (Å²) in [5.41, 5.74) is 0.940. The third-order valence-corrected chi connectivity index (χ3v) is 2.80. The quantitative estimate of drug-likeness (QED) is 0.719. The Morgan fingerprint density at radius 1 is 1.15 bits per heavy atom. The van der Waals surface area contributed by atoms with E-state index in [9.17, 15) is 10.2 Å². The Kier molecular flexibility index (Phi) is 4.24. The van der Waals surface area contributed by atoms with Crippen LogP contribution in [-0.4, -0.2) is 40.8 Å². The third kappa shape index (κ3) is 3.50. The van der Waals surface area contributed by atoms with Crippen molar-refractivity contribution in [3.05, 3.63) is 36.0 Å². The van der Waals surface area contributed by atoms with E-state index in [4.69, 9.17) is 0 Å². The van der Waals surface area contributed by atoms with E-state index in [1.807, 2.05) is 19.0 Å². The molecular formula is C14H18N4O2. The predicted octanol–water partition coefficient (Wildman–Crippen LogP) is 1.61. The zero-order valence-electron chi connectivity index (χ0n) is 11.5. The minimum Gasteiger partial charge on any atom is -0.504 e. The summed E-state index contributed by atoms with van der Waals surface area (Å²) in [5, 5.41) is 21.9. The summed E-state index contributed by atoms with van der Waals surface area (Å²) in [7, 11) is 3.77. The minimum absolute atomic E-state index is 0.0977. The number of rotatable bonds is 5. The van der Waals surface area contributed by atoms with Crippen molar-refractivity contribution in [2.24, 2.45) is 0 Å². The second kappa shape index (κ2) is 6.10. The van der Waals surface area contributed by atoms with Crippen molar-refractivity contribution in [3.63, 3.8) is 0 Å². The zero-order chi connectivity index (χ0) is 14.5. The molecular weight excluding hydrogens is 256 g/mol. The number of hydrogen-bond donors (Lipinski definition) is 3. The molecule has 20 heavy (non-hydrogen) atoms. The van der Waals surface area contributed by atoms with Gasteiger partial charge in [-0.1, -0.05) is 6.07 Å². The highest BCUT2D eigenvalue weighted by Gasteiger charge is 2.02. The highest BCUT2D eigenvalue weighted by atomic mass is 16.3. The number of phenols is 2. The van der Waals surface area contributed by atoms with Crippen LogP contribution in [0.2, 0.25) is 0 Å². The molecule has 2 rings (SSSR count). The van der Waals surface area contributed by atoms with E-state index < -0.39 is 0 Å². The number of phenolic OH excluding ortho intramolecular Hbond substituents is 2. The number of anilines is 2. The summed E-state index contributed by atoms with van der Waals surface area (Å²) >= 11 is 0. The highest BCUT2D eigenvalue weighted by molar-refractivity contribution is 5.42. The maximum Gasteiger partial charge on any atom is 0.226 e. The molecule has 0 saturated heterocycles. The molecule has 0 unspecified atom stereocenters. The lowest BCUT2D eigenvalue weighted by molar-refractivity contribution is 0.403. The van der Waals surface area contributed by atoms with E-state index in [1.165, 1.54) is 6.07 Å². The van der Waals surface area contributed by atoms with Gasteiger partial charge in [-0.15, -0.1) is 0 Å². The van der Waals surface area contributed by atoms with Crippen molar-refractivity contribution < 1.29 is 10.2 Å². The van der Waals surface area contributed by atoms with Crippen LogP contribution in [0.4, 0.5) is 11.8 Å². The predicted molar refractivity (Wildman–Crippen MR) is 78.3 cm³/mol. The van der Waals surface area contributed by atoms with Gasteiger partial charge in [-0.05, 0) is 30.2 Å². The molecule has 0 aliphatic heterocycles. The van der Waals surface area contributed by atoms with Gasteiger partial charge in [-0.25, -0.2) is 4.98 Å². The monoisotopic (exact) mass is 274 g/mol. The molecule has 0 amide bonds. The van der Waals surface area contributed by atoms with E-state index in [0.717, 1.165) is 17.8 Å². The van der Waals surface area contributed by atoms with Gasteiger partial charge in [-0.2, -0.15) is 4.98 Å². The average Bonchev–Trinajstić information content (AvgIpc) is 2.43. The molecule has 1 heterocycles. The summed E-state index contributed by atoms with van der Waals surface area (Å²) in [5.74, 6) is 1.21. The first-order valence-electron chi connectivity index (χ1n) is 6.31. The van der Waals surface area contributed by atoms with Crippen LogP contribution >= 0.6 is 0 Å². The molecule has 0 radical (unpaired) electrons. The molecule has 1 aromatic carbocycles. The summed E-state index contributed by atoms with van der Waals surface area (Å²) in [6.45, 7) is 0.675. The molecule has 2 aromatic rings. The molecule has 6 heteroatoms. The third-order valence-electron chi connectivity index (χ3n) is 2.80. The van der Waals surface area contributed by atoms with Gasteiger partial charge in [0.25, 0.3) is 0 Å². The number of nitrogens with zero attached hydrogens (tertiary/aromatic N) is 3. The topological polar surface area (TPSA) is 81.5 Å². The largest absolute Gasteiger partial charge is 0.504 e. The Labute approximate surface area is 117 Å². The fourth-order valence-corrected chi connectivity index (χ4v) is 1.72. The molecule has 0 aliphatic carbocycles. The van der Waals surface area contributed by atoms with Crippen molar-refractivity contribution in [1.82, 2.24) is 9.97 Å². The maximum absolute atomic E-state index is 9.42. The molecule has 0 spiro atoms. The van der Waals surface area contributed by atoms with E-state index in [1.54, 1.807) is 24.4 Å². The van der Waals surface area contributed by atoms with Crippen LogP contribution in [0, 0.1) is 0 Å². The van der Waals surface area contributed by atoms with Crippen LogP contribution in [-0.2, 0) is 6.42 Å². The first-order valence-corrected chi connectivity index (χ1v) is 6.31. The smallest absolute Gasteiger partial charge is 0.226 e. The summed E-state index contributed by atoms with van der Waals surface area (Å²) in [6.07, 6.45) is 2.42. The number of hydrogen-bond acceptors (Lipinski definition) is 6. The number of aromatic nitrogens is 2. The summed E-state index contributed by atoms with van der Waals surface area (Å²) in [4.78, 5) is 10.3. The van der Waals surface area contributed by atoms with Crippen LogP contribution in [0.25, 0.3) is 0 Å². The Balaban J connectivity index is 1.92. The zero-order valence-corrected chi connectivity index (χ0v) is 11.5. The lowest BCUT2D eigenvalue weighted by atomic mass is 10.1. The van der Waals surface area contributed by atoms with Gasteiger partial charge in [0.1, 0.15) is 5.82 Å². The first-order chi connectivity index (χ1) is 9.56. The lowest BCUT2D eigenvalue weighted by Gasteiger charge is -2.11. The fourth-order valence-electron chi connectivity index (χ4n) is 1.72. The van der Waals surface area contributed by atoms with E-state index >= 15 is 0 Å². The van der Waals surface area contributed by atoms with Gasteiger partial charge in [0.15, 0.2) is 11.5 Å². The molecule has 6 nitrogen and oxygen atoms in total. The number of benzene rings is 1. The molecule has 0 saturated carbocycles. The minimum atomic E-state index is -0.104. The molecule has 0 bridgehead atoms. The summed E-state index contributed by atoms with van der Waals surface area (Å²) < 4.78 is 0. The fraction of sp³-hybridized carbons (Fsp3) is 0.286. The lowest BCUT2D eigenvalue weighted by Crippen LogP contribution is -2.14. The molecule has 1 aromatic heterocycles. The van der Waals surface area contributed by atoms with Gasteiger partial charge in [0.05, 0.1) is 0 Å². The van der Waals surface area contributed by atoms with E-state index in [2.05, 4.69) is 15.3 Å². The second-order valence-electron chi connectivity index (χ2n) is 4.64. The van der Waals surface area contributed by atoms with Crippen molar-refractivity contribution >= 4 is 11.8 Å². The van der Waals surface area contributed by atoms with Gasteiger partial charge >= 0.3 is 0 Å². The van der Waals surface area contributed by atoms with Crippen molar-refractivity contribution in [1.29, 1.82) is 0 Å². The first kappa shape index (κ1) is 13.9. The van der Waals surface area contributed by atoms with Crippen LogP contribution in [0.5, 0.6) is 11.5 Å². The SMILES string of the molecule is CN(C)c1nccc(NCCc2ccc(O)c(O)c2)n1.